The third kappa shape index (κ3) is 6.59. The van der Waals surface area contributed by atoms with Crippen LogP contribution < -0.4 is 23.7 Å². The SMILES string of the molecule is COc1ccc(CC2(O)c3cc(OCc4ccccc4)cc(OCc4ccccc4)c3C=C[N+]2(O)Cc2ccccc2)c(OC)c1OC. The Hall–Kier alpha value is -5.28. The van der Waals surface area contributed by atoms with Crippen molar-refractivity contribution in [3.8, 4) is 28.7 Å². The molecule has 1 heterocycles. The van der Waals surface area contributed by atoms with Gasteiger partial charge in [-0.2, -0.15) is 0 Å². The average Bonchev–Trinajstić information content (AvgIpc) is 3.12. The summed E-state index contributed by atoms with van der Waals surface area (Å²) in [6, 6.07) is 36.5. The average molecular weight is 647 g/mol. The molecule has 0 bridgehead atoms. The van der Waals surface area contributed by atoms with Crippen molar-refractivity contribution in [2.75, 3.05) is 21.3 Å². The fraction of sp³-hybridized carbons (Fsp3) is 0.200. The van der Waals surface area contributed by atoms with Crippen LogP contribution in [0.4, 0.5) is 0 Å². The molecule has 5 aromatic carbocycles. The monoisotopic (exact) mass is 646 g/mol. The molecule has 48 heavy (non-hydrogen) atoms. The first-order valence-electron chi connectivity index (χ1n) is 15.7. The quantitative estimate of drug-likeness (QED) is 0.127. The lowest BCUT2D eigenvalue weighted by atomic mass is 9.85. The number of ether oxygens (including phenoxy) is 5. The summed E-state index contributed by atoms with van der Waals surface area (Å²) in [7, 11) is 4.62. The number of hydroxylamine groups is 3. The number of methoxy groups -OCH3 is 3. The summed E-state index contributed by atoms with van der Waals surface area (Å²) in [6.07, 6.45) is 3.36. The van der Waals surface area contributed by atoms with Gasteiger partial charge in [0.2, 0.25) is 5.75 Å². The van der Waals surface area contributed by atoms with Crippen molar-refractivity contribution in [1.82, 2.24) is 0 Å². The second kappa shape index (κ2) is 14.2. The second-order valence-electron chi connectivity index (χ2n) is 11.7. The summed E-state index contributed by atoms with van der Waals surface area (Å²) in [5, 5.41) is 25.7. The summed E-state index contributed by atoms with van der Waals surface area (Å²) in [4.78, 5) is 0. The van der Waals surface area contributed by atoms with E-state index in [2.05, 4.69) is 0 Å². The van der Waals surface area contributed by atoms with Crippen molar-refractivity contribution >= 4 is 6.08 Å². The maximum atomic E-state index is 13.1. The highest BCUT2D eigenvalue weighted by molar-refractivity contribution is 5.66. The van der Waals surface area contributed by atoms with Gasteiger partial charge in [0.05, 0.1) is 33.3 Å². The van der Waals surface area contributed by atoms with Crippen molar-refractivity contribution < 1.29 is 38.6 Å². The van der Waals surface area contributed by atoms with E-state index in [1.165, 1.54) is 14.2 Å². The Kier molecular flexibility index (Phi) is 9.68. The molecule has 2 atom stereocenters. The van der Waals surface area contributed by atoms with Gasteiger partial charge in [-0.1, -0.05) is 97.1 Å². The lowest BCUT2D eigenvalue weighted by Crippen LogP contribution is -2.59. The molecule has 1 aliphatic rings. The molecule has 0 amide bonds. The number of nitrogens with zero attached hydrogens (tertiary/aromatic N) is 1. The second-order valence-corrected chi connectivity index (χ2v) is 11.7. The van der Waals surface area contributed by atoms with Gasteiger partial charge in [-0.05, 0) is 23.3 Å². The third-order valence-electron chi connectivity index (χ3n) is 8.65. The molecular weight excluding hydrogens is 606 g/mol. The summed E-state index contributed by atoms with van der Waals surface area (Å²) in [5.41, 5.74) is 2.55. The maximum Gasteiger partial charge on any atom is 0.267 e. The molecule has 0 saturated carbocycles. The Morgan fingerprint density at radius 2 is 1.21 bits per heavy atom. The van der Waals surface area contributed by atoms with Crippen LogP contribution in [0.1, 0.15) is 33.4 Å². The van der Waals surface area contributed by atoms with Gasteiger partial charge in [-0.3, -0.25) is 0 Å². The van der Waals surface area contributed by atoms with E-state index in [-0.39, 0.29) is 13.0 Å². The Morgan fingerprint density at radius 1 is 0.625 bits per heavy atom. The van der Waals surface area contributed by atoms with Crippen molar-refractivity contribution in [3.05, 3.63) is 155 Å². The minimum atomic E-state index is -1.94. The molecule has 2 unspecified atom stereocenters. The Morgan fingerprint density at radius 3 is 1.79 bits per heavy atom. The van der Waals surface area contributed by atoms with Crippen molar-refractivity contribution in [2.24, 2.45) is 0 Å². The van der Waals surface area contributed by atoms with E-state index in [0.717, 1.165) is 16.7 Å². The standard InChI is InChI=1S/C40H40NO7/c1-44-36-20-19-32(38(45-2)39(36)46-3)25-40(42)35-23-33(47-27-30-15-9-5-10-16-30)24-37(48-28-31-17-11-6-12-18-31)34(35)21-22-41(40,43)26-29-13-7-4-8-14-29/h4-24,42-43H,25-28H2,1-3H3/q+1. The van der Waals surface area contributed by atoms with Crippen molar-refractivity contribution in [3.63, 3.8) is 0 Å². The van der Waals surface area contributed by atoms with Gasteiger partial charge in [-0.25, -0.2) is 5.21 Å². The molecule has 0 aromatic heterocycles. The van der Waals surface area contributed by atoms with Crippen LogP contribution in [-0.2, 0) is 31.9 Å². The molecule has 2 N–H and O–H groups in total. The summed E-state index contributed by atoms with van der Waals surface area (Å²) >= 11 is 0. The van der Waals surface area contributed by atoms with Gasteiger partial charge >= 0.3 is 0 Å². The number of hydrogen-bond donors (Lipinski definition) is 2. The topological polar surface area (TPSA) is 86.6 Å². The van der Waals surface area contributed by atoms with Gasteiger partial charge in [0.15, 0.2) is 11.5 Å². The first kappa shape index (κ1) is 32.7. The zero-order valence-electron chi connectivity index (χ0n) is 27.3. The van der Waals surface area contributed by atoms with E-state index in [4.69, 9.17) is 23.7 Å². The van der Waals surface area contributed by atoms with Crippen LogP contribution in [0.5, 0.6) is 28.7 Å². The van der Waals surface area contributed by atoms with E-state index in [1.807, 2.05) is 103 Å². The van der Waals surface area contributed by atoms with Gasteiger partial charge < -0.3 is 28.8 Å². The first-order valence-corrected chi connectivity index (χ1v) is 15.7. The summed E-state index contributed by atoms with van der Waals surface area (Å²) in [6.45, 7) is 0.686. The van der Waals surface area contributed by atoms with E-state index in [0.29, 0.717) is 58.7 Å². The Balaban J connectivity index is 1.50. The van der Waals surface area contributed by atoms with Crippen molar-refractivity contribution in [1.29, 1.82) is 0 Å². The van der Waals surface area contributed by atoms with Crippen LogP contribution in [0.25, 0.3) is 6.08 Å². The van der Waals surface area contributed by atoms with Crippen LogP contribution in [0.3, 0.4) is 0 Å². The van der Waals surface area contributed by atoms with E-state index in [1.54, 1.807) is 31.5 Å². The molecule has 8 heteroatoms. The molecule has 0 fully saturated rings. The van der Waals surface area contributed by atoms with Crippen LogP contribution in [0.15, 0.2) is 121 Å². The predicted molar refractivity (Wildman–Crippen MR) is 183 cm³/mol. The predicted octanol–water partition coefficient (Wildman–Crippen LogP) is 7.65. The van der Waals surface area contributed by atoms with E-state index < -0.39 is 10.4 Å². The van der Waals surface area contributed by atoms with Crippen molar-refractivity contribution in [2.45, 2.75) is 31.9 Å². The summed E-state index contributed by atoms with van der Waals surface area (Å²) < 4.78 is 28.9. The van der Waals surface area contributed by atoms with Crippen LogP contribution >= 0.6 is 0 Å². The minimum Gasteiger partial charge on any atom is -0.493 e. The van der Waals surface area contributed by atoms with Crippen LogP contribution in [0, 0.1) is 0 Å². The van der Waals surface area contributed by atoms with Crippen LogP contribution in [0.2, 0.25) is 0 Å². The van der Waals surface area contributed by atoms with Gasteiger partial charge in [0, 0.05) is 28.8 Å². The number of rotatable bonds is 13. The zero-order valence-corrected chi connectivity index (χ0v) is 27.3. The number of aliphatic hydroxyl groups is 1. The Labute approximate surface area is 281 Å². The largest absolute Gasteiger partial charge is 0.493 e. The third-order valence-corrected chi connectivity index (χ3v) is 8.65. The van der Waals surface area contributed by atoms with Crippen LogP contribution in [-0.4, -0.2) is 36.3 Å². The molecule has 0 saturated heterocycles. The number of fused-ring (bicyclic) bond motifs is 1. The lowest BCUT2D eigenvalue weighted by molar-refractivity contribution is -1.14. The normalized spacial score (nSPS) is 18.1. The Bertz CT molecular complexity index is 1860. The fourth-order valence-electron chi connectivity index (χ4n) is 6.16. The molecule has 0 aliphatic carbocycles. The molecule has 8 nitrogen and oxygen atoms in total. The molecule has 1 aliphatic heterocycles. The zero-order chi connectivity index (χ0) is 33.6. The number of hydrogen-bond acceptors (Lipinski definition) is 7. The lowest BCUT2D eigenvalue weighted by Gasteiger charge is -2.44. The highest BCUT2D eigenvalue weighted by atomic mass is 16.6. The van der Waals surface area contributed by atoms with Gasteiger partial charge in [0.1, 0.15) is 37.5 Å². The molecule has 6 rings (SSSR count). The maximum absolute atomic E-state index is 13.1. The first-order chi connectivity index (χ1) is 23.4. The fourth-order valence-corrected chi connectivity index (χ4v) is 6.16. The number of quaternary nitrogens is 1. The summed E-state index contributed by atoms with van der Waals surface area (Å²) in [5.74, 6) is 2.26. The van der Waals surface area contributed by atoms with E-state index in [9.17, 15) is 10.3 Å². The highest BCUT2D eigenvalue weighted by Gasteiger charge is 2.55. The smallest absolute Gasteiger partial charge is 0.267 e. The van der Waals surface area contributed by atoms with E-state index >= 15 is 0 Å². The molecule has 5 aromatic rings. The number of benzene rings is 5. The molecular formula is C40H40NO7+. The minimum absolute atomic E-state index is 0.0581. The highest BCUT2D eigenvalue weighted by Crippen LogP contribution is 2.49. The van der Waals surface area contributed by atoms with Gasteiger partial charge in [-0.15, -0.1) is 4.65 Å². The van der Waals surface area contributed by atoms with Gasteiger partial charge in [0.25, 0.3) is 5.72 Å². The molecule has 0 spiro atoms. The molecule has 246 valence electrons. The molecule has 0 radical (unpaired) electrons.